The average Bonchev–Trinajstić information content (AvgIpc) is 1.07. The molecule has 0 atom stereocenters. The predicted molar refractivity (Wildman–Crippen MR) is 619 cm³/mol. The highest BCUT2D eigenvalue weighted by Gasteiger charge is 2.22. The zero-order valence-corrected chi connectivity index (χ0v) is 81.1. The molecule has 0 saturated carbocycles. The van der Waals surface area contributed by atoms with Gasteiger partial charge in [0.05, 0.1) is 88.5 Å². The molecule has 0 unspecified atom stereocenters. The highest BCUT2D eigenvalue weighted by Crippen LogP contribution is 2.44. The number of hydrogen-bond donors (Lipinski definition) is 0. The van der Waals surface area contributed by atoms with E-state index in [4.69, 9.17) is 44.3 Å². The first-order valence-corrected chi connectivity index (χ1v) is 50.9. The van der Waals surface area contributed by atoms with Crippen molar-refractivity contribution in [3.8, 4) is 140 Å². The van der Waals surface area contributed by atoms with Crippen molar-refractivity contribution in [3.63, 3.8) is 0 Å². The molecule has 0 bridgehead atoms. The van der Waals surface area contributed by atoms with Gasteiger partial charge in [-0.2, -0.15) is 0 Å². The molecule has 12 heteroatoms. The van der Waals surface area contributed by atoms with Crippen molar-refractivity contribution >= 4 is 163 Å². The van der Waals surface area contributed by atoms with Gasteiger partial charge < -0.3 is 4.42 Å². The summed E-state index contributed by atoms with van der Waals surface area (Å²) in [6, 6.07) is 179. The van der Waals surface area contributed by atoms with E-state index in [0.717, 1.165) is 194 Å². The Bertz CT molecular complexity index is 10500. The molecule has 21 aromatic carbocycles. The van der Waals surface area contributed by atoms with Crippen LogP contribution in [0.2, 0.25) is 0 Å². The molecule has 30 aromatic rings. The largest absolute Gasteiger partial charge is 0.436 e. The number of pyridine rings is 6. The number of para-hydroxylation sites is 5. The quantitative estimate of drug-likeness (QED) is 0.103. The molecule has 30 rings (SSSR count). The molecular formula is C137H84N10OS. The van der Waals surface area contributed by atoms with Gasteiger partial charge in [0, 0.05) is 88.1 Å². The van der Waals surface area contributed by atoms with Crippen molar-refractivity contribution in [3.05, 3.63) is 510 Å². The SMILES string of the molecule is c1cc(-c2ccc3ccc4ccc(-c5ccc(-c6ccc7ccccc7c6)cc5)nc4c3n2)cc(-c2nc3ccccc3s2)c1.c1cc(-c2ccc3ccc4ccc(-c5ccc(-c6cccc7ccccc67)cc5)nc4c3n2)cc(-c2nc3ccccc3o2)c1.c1ccc(-c2nc3ccccc3n2-c2ccc(-c3ccc4ccc5ccc(-c6ccc(-c7ccc8c9ccccc9c9ccccc9c8c7)cc6)nc5c4n3)cc2)cc1. The molecule has 0 amide bonds. The van der Waals surface area contributed by atoms with Crippen LogP contribution < -0.4 is 0 Å². The first kappa shape index (κ1) is 87.0. The van der Waals surface area contributed by atoms with Gasteiger partial charge in [-0.1, -0.05) is 394 Å². The molecular weight excluding hydrogens is 1830 g/mol. The molecule has 0 aliphatic carbocycles. The number of fused-ring (bicyclic) bond motifs is 20. The predicted octanol–water partition coefficient (Wildman–Crippen LogP) is 36.2. The monoisotopic (exact) mass is 1920 g/mol. The smallest absolute Gasteiger partial charge is 0.227 e. The summed E-state index contributed by atoms with van der Waals surface area (Å²) in [7, 11) is 0. The number of nitrogens with zero attached hydrogens (tertiary/aromatic N) is 10. The van der Waals surface area contributed by atoms with E-state index in [0.29, 0.717) is 5.89 Å². The lowest BCUT2D eigenvalue weighted by Crippen LogP contribution is -1.97. The van der Waals surface area contributed by atoms with Crippen LogP contribution in [-0.2, 0) is 0 Å². The van der Waals surface area contributed by atoms with E-state index in [1.165, 1.54) is 91.9 Å². The van der Waals surface area contributed by atoms with Gasteiger partial charge in [0.25, 0.3) is 0 Å². The van der Waals surface area contributed by atoms with Gasteiger partial charge >= 0.3 is 0 Å². The fraction of sp³-hybridized carbons (Fsp3) is 0. The summed E-state index contributed by atoms with van der Waals surface area (Å²) in [5, 5.41) is 20.1. The number of thiazole rings is 1. The number of imidazole rings is 1. The van der Waals surface area contributed by atoms with Crippen LogP contribution in [0.5, 0.6) is 0 Å². The summed E-state index contributed by atoms with van der Waals surface area (Å²) in [6.45, 7) is 0. The zero-order chi connectivity index (χ0) is 98.4. The second-order valence-electron chi connectivity index (χ2n) is 37.8. The highest BCUT2D eigenvalue weighted by atomic mass is 32.1. The Morgan fingerprint density at radius 2 is 0.544 bits per heavy atom. The molecule has 9 heterocycles. The Kier molecular flexibility index (Phi) is 21.5. The molecule has 0 fully saturated rings. The molecule has 9 aromatic heterocycles. The van der Waals surface area contributed by atoms with E-state index in [9.17, 15) is 0 Å². The fourth-order valence-electron chi connectivity index (χ4n) is 21.2. The standard InChI is InChI=1S/C55H34N4.C41H25N3O.C41H25N3S/c1-2-10-40(11-3-1)55-58-51-16-8-9-17-52(51)59(55)42-29-24-37(25-30-42)50-33-28-39-23-22-38-27-32-49(56-53(38)54(39)57-50)36-20-18-35(19-21-36)41-26-31-47-45-14-5-4-12-43(45)44-13-6-7-15-46(44)48(47)34-41;1-2-11-33-26(7-1)8-6-12-34(33)27-15-17-28(18-16-27)35-23-21-29-19-20-30-22-24-36(43-40(30)39(29)42-35)31-9-5-10-32(25-31)41-44-37-13-3-4-14-38(37)45-41;1-2-7-31-24-32(19-14-26(31)6-1)27-12-15-28(16-13-27)35-22-20-29-17-18-30-21-23-36(43-40(30)39(29)42-35)33-8-5-9-34(25-33)41-44-37-10-3-4-11-38(37)45-41/h1-34H;2*1-25H. The van der Waals surface area contributed by atoms with E-state index in [1.807, 2.05) is 54.6 Å². The van der Waals surface area contributed by atoms with Gasteiger partial charge in [0.15, 0.2) is 5.58 Å². The average molecular weight is 1920 g/mol. The number of oxazole rings is 1. The van der Waals surface area contributed by atoms with E-state index in [1.54, 1.807) is 11.3 Å². The third-order valence-electron chi connectivity index (χ3n) is 28.8. The van der Waals surface area contributed by atoms with Crippen LogP contribution in [0.15, 0.2) is 514 Å². The normalized spacial score (nSPS) is 11.6. The summed E-state index contributed by atoms with van der Waals surface area (Å²) in [5.74, 6) is 1.52. The second-order valence-corrected chi connectivity index (χ2v) is 38.8. The Labute approximate surface area is 860 Å². The van der Waals surface area contributed by atoms with Crippen LogP contribution >= 0.6 is 11.3 Å². The number of rotatable bonds is 13. The molecule has 149 heavy (non-hydrogen) atoms. The van der Waals surface area contributed by atoms with Gasteiger partial charge in [-0.25, -0.2) is 44.9 Å². The minimum absolute atomic E-state index is 0.599. The van der Waals surface area contributed by atoms with Crippen LogP contribution in [0.4, 0.5) is 0 Å². The maximum Gasteiger partial charge on any atom is 0.227 e. The molecule has 0 aliphatic rings. The number of aromatic nitrogens is 10. The van der Waals surface area contributed by atoms with Crippen molar-refractivity contribution in [1.82, 2.24) is 49.4 Å². The summed E-state index contributed by atoms with van der Waals surface area (Å²) in [5.41, 5.74) is 33.2. The van der Waals surface area contributed by atoms with Crippen LogP contribution in [-0.4, -0.2) is 49.4 Å². The molecule has 694 valence electrons. The fourth-order valence-corrected chi connectivity index (χ4v) is 22.1. The van der Waals surface area contributed by atoms with Crippen molar-refractivity contribution in [2.24, 2.45) is 0 Å². The number of hydrogen-bond acceptors (Lipinski definition) is 11. The Balaban J connectivity index is 0.000000109. The summed E-state index contributed by atoms with van der Waals surface area (Å²) >= 11 is 1.72. The Morgan fingerprint density at radius 3 is 1.08 bits per heavy atom. The molecule has 0 spiro atoms. The lowest BCUT2D eigenvalue weighted by atomic mass is 9.92. The van der Waals surface area contributed by atoms with Gasteiger partial charge in [-0.3, -0.25) is 4.57 Å². The summed E-state index contributed by atoms with van der Waals surface area (Å²) in [4.78, 5) is 45.8. The van der Waals surface area contributed by atoms with Gasteiger partial charge in [0.2, 0.25) is 5.89 Å². The topological polar surface area (TPSA) is 134 Å². The zero-order valence-electron chi connectivity index (χ0n) is 80.3. The maximum absolute atomic E-state index is 6.04. The summed E-state index contributed by atoms with van der Waals surface area (Å²) in [6.07, 6.45) is 0. The molecule has 0 N–H and O–H groups in total. The van der Waals surface area contributed by atoms with Gasteiger partial charge in [0.1, 0.15) is 16.3 Å². The van der Waals surface area contributed by atoms with Crippen LogP contribution in [0.3, 0.4) is 0 Å². The van der Waals surface area contributed by atoms with Crippen molar-refractivity contribution in [1.29, 1.82) is 0 Å². The molecule has 0 saturated heterocycles. The molecule has 11 nitrogen and oxygen atoms in total. The third kappa shape index (κ3) is 16.3. The number of benzene rings is 21. The maximum atomic E-state index is 6.04. The van der Waals surface area contributed by atoms with Gasteiger partial charge in [-0.15, -0.1) is 11.3 Å². The lowest BCUT2D eigenvalue weighted by Gasteiger charge is -2.12. The second kappa shape index (κ2) is 36.9. The van der Waals surface area contributed by atoms with Crippen molar-refractivity contribution in [2.75, 3.05) is 0 Å². The first-order valence-electron chi connectivity index (χ1n) is 50.1. The summed E-state index contributed by atoms with van der Waals surface area (Å²) < 4.78 is 9.47. The van der Waals surface area contributed by atoms with Crippen LogP contribution in [0, 0.1) is 0 Å². The van der Waals surface area contributed by atoms with E-state index < -0.39 is 0 Å². The highest BCUT2D eigenvalue weighted by molar-refractivity contribution is 7.21. The third-order valence-corrected chi connectivity index (χ3v) is 29.9. The van der Waals surface area contributed by atoms with E-state index in [2.05, 4.69) is 465 Å². The van der Waals surface area contributed by atoms with Crippen molar-refractivity contribution in [2.45, 2.75) is 0 Å². The van der Waals surface area contributed by atoms with Gasteiger partial charge in [-0.05, 0) is 203 Å². The Hall–Kier alpha value is -19.8. The lowest BCUT2D eigenvalue weighted by molar-refractivity contribution is 0.620. The Morgan fingerprint density at radius 1 is 0.181 bits per heavy atom. The van der Waals surface area contributed by atoms with Crippen molar-refractivity contribution < 1.29 is 4.42 Å². The van der Waals surface area contributed by atoms with Crippen LogP contribution in [0.25, 0.3) is 292 Å². The van der Waals surface area contributed by atoms with E-state index >= 15 is 0 Å². The minimum Gasteiger partial charge on any atom is -0.436 e. The molecule has 0 radical (unpaired) electrons. The first-order chi connectivity index (χ1) is 73.7. The minimum atomic E-state index is 0.599. The van der Waals surface area contributed by atoms with E-state index in [-0.39, 0.29) is 0 Å². The van der Waals surface area contributed by atoms with Crippen LogP contribution in [0.1, 0.15) is 0 Å². The molecule has 0 aliphatic heterocycles.